The Morgan fingerprint density at radius 2 is 2.41 bits per heavy atom. The van der Waals surface area contributed by atoms with Gasteiger partial charge in [0.1, 0.15) is 5.82 Å². The van der Waals surface area contributed by atoms with Crippen LogP contribution in [0.15, 0.2) is 24.7 Å². The van der Waals surface area contributed by atoms with Crippen molar-refractivity contribution in [3.8, 4) is 0 Å². The lowest BCUT2D eigenvalue weighted by molar-refractivity contribution is 0.501. The molecule has 1 atom stereocenters. The van der Waals surface area contributed by atoms with Gasteiger partial charge in [0.15, 0.2) is 0 Å². The highest BCUT2D eigenvalue weighted by molar-refractivity contribution is 5.06. The summed E-state index contributed by atoms with van der Waals surface area (Å²) in [5, 5.41) is 7.89. The first kappa shape index (κ1) is 11.9. The van der Waals surface area contributed by atoms with Crippen LogP contribution < -0.4 is 5.32 Å². The summed E-state index contributed by atoms with van der Waals surface area (Å²) in [5.74, 6) is 0.976. The highest BCUT2D eigenvalue weighted by atomic mass is 15.2. The van der Waals surface area contributed by atoms with Crippen LogP contribution in [0.5, 0.6) is 0 Å². The van der Waals surface area contributed by atoms with Gasteiger partial charge in [0, 0.05) is 32.1 Å². The van der Waals surface area contributed by atoms with Gasteiger partial charge in [-0.25, -0.2) is 4.98 Å². The lowest BCUT2D eigenvalue weighted by Crippen LogP contribution is -2.25. The van der Waals surface area contributed by atoms with E-state index in [1.54, 1.807) is 6.20 Å². The van der Waals surface area contributed by atoms with Crippen LogP contribution in [0, 0.1) is 0 Å². The van der Waals surface area contributed by atoms with Crippen LogP contribution in [0.2, 0.25) is 0 Å². The summed E-state index contributed by atoms with van der Waals surface area (Å²) in [5.41, 5.74) is 1.08. The van der Waals surface area contributed by atoms with E-state index < -0.39 is 0 Å². The first-order valence-corrected chi connectivity index (χ1v) is 6.00. The number of aromatic amines is 1. The van der Waals surface area contributed by atoms with Gasteiger partial charge in [-0.05, 0) is 19.0 Å². The number of rotatable bonds is 6. The molecule has 2 aromatic rings. The monoisotopic (exact) mass is 233 g/mol. The Morgan fingerprint density at radius 3 is 3.00 bits per heavy atom. The molecule has 0 bridgehead atoms. The van der Waals surface area contributed by atoms with Gasteiger partial charge in [0.05, 0.1) is 11.7 Å². The number of hydrogen-bond donors (Lipinski definition) is 2. The summed E-state index contributed by atoms with van der Waals surface area (Å²) >= 11 is 0. The Hall–Kier alpha value is -1.62. The molecule has 5 nitrogen and oxygen atoms in total. The molecular formula is C12H19N5. The number of imidazole rings is 1. The van der Waals surface area contributed by atoms with Gasteiger partial charge in [-0.15, -0.1) is 0 Å². The lowest BCUT2D eigenvalue weighted by atomic mass is 10.1. The Bertz CT molecular complexity index is 431. The van der Waals surface area contributed by atoms with E-state index in [9.17, 15) is 0 Å². The van der Waals surface area contributed by atoms with Crippen LogP contribution in [0.3, 0.4) is 0 Å². The standard InChI is InChI=1S/C12H19N5/c1-3-5-13-11(12-14-6-7-15-12)9-10-4-8-17(2)16-10/h4,6-8,11,13H,3,5,9H2,1-2H3,(H,14,15). The van der Waals surface area contributed by atoms with Gasteiger partial charge < -0.3 is 10.3 Å². The molecule has 17 heavy (non-hydrogen) atoms. The molecule has 2 heterocycles. The molecule has 92 valence electrons. The molecule has 2 N–H and O–H groups in total. The van der Waals surface area contributed by atoms with Crippen LogP contribution in [0.1, 0.15) is 30.9 Å². The van der Waals surface area contributed by atoms with Gasteiger partial charge in [-0.2, -0.15) is 5.10 Å². The molecular weight excluding hydrogens is 214 g/mol. The molecule has 2 rings (SSSR count). The zero-order valence-corrected chi connectivity index (χ0v) is 10.3. The summed E-state index contributed by atoms with van der Waals surface area (Å²) in [6.07, 6.45) is 7.57. The predicted octanol–water partition coefficient (Wildman–Crippen LogP) is 1.43. The Labute approximate surface area is 101 Å². The Kier molecular flexibility index (Phi) is 3.93. The number of aryl methyl sites for hydroxylation is 1. The molecule has 0 spiro atoms. The maximum Gasteiger partial charge on any atom is 0.123 e. The summed E-state index contributed by atoms with van der Waals surface area (Å²) in [4.78, 5) is 7.48. The van der Waals surface area contributed by atoms with Crippen LogP contribution in [0.25, 0.3) is 0 Å². The van der Waals surface area contributed by atoms with E-state index in [0.29, 0.717) is 0 Å². The number of nitrogens with zero attached hydrogens (tertiary/aromatic N) is 3. The van der Waals surface area contributed by atoms with Crippen LogP contribution in [-0.2, 0) is 13.5 Å². The Morgan fingerprint density at radius 1 is 1.53 bits per heavy atom. The maximum absolute atomic E-state index is 4.40. The topological polar surface area (TPSA) is 58.5 Å². The number of hydrogen-bond acceptors (Lipinski definition) is 3. The average Bonchev–Trinajstić information content (AvgIpc) is 2.95. The molecule has 0 aromatic carbocycles. The zero-order chi connectivity index (χ0) is 12.1. The van der Waals surface area contributed by atoms with Crippen LogP contribution >= 0.6 is 0 Å². The number of aromatic nitrogens is 4. The average molecular weight is 233 g/mol. The molecule has 5 heteroatoms. The molecule has 0 fully saturated rings. The first-order chi connectivity index (χ1) is 8.29. The van der Waals surface area contributed by atoms with E-state index >= 15 is 0 Å². The highest BCUT2D eigenvalue weighted by Crippen LogP contribution is 2.13. The molecule has 1 unspecified atom stereocenters. The normalized spacial score (nSPS) is 12.8. The van der Waals surface area contributed by atoms with Crippen molar-refractivity contribution in [1.29, 1.82) is 0 Å². The van der Waals surface area contributed by atoms with E-state index in [0.717, 1.165) is 30.9 Å². The third-order valence-electron chi connectivity index (χ3n) is 2.67. The van der Waals surface area contributed by atoms with Crippen molar-refractivity contribution in [3.63, 3.8) is 0 Å². The molecule has 0 aliphatic rings. The van der Waals surface area contributed by atoms with Crippen LogP contribution in [-0.4, -0.2) is 26.3 Å². The van der Waals surface area contributed by atoms with E-state index in [1.807, 2.05) is 30.2 Å². The fourth-order valence-electron chi connectivity index (χ4n) is 1.83. The van der Waals surface area contributed by atoms with Crippen molar-refractivity contribution in [1.82, 2.24) is 25.1 Å². The number of H-pyrrole nitrogens is 1. The first-order valence-electron chi connectivity index (χ1n) is 6.00. The largest absolute Gasteiger partial charge is 0.347 e. The van der Waals surface area contributed by atoms with Crippen molar-refractivity contribution in [2.75, 3.05) is 6.54 Å². The minimum Gasteiger partial charge on any atom is -0.347 e. The molecule has 0 aliphatic carbocycles. The minimum absolute atomic E-state index is 0.208. The fraction of sp³-hybridized carbons (Fsp3) is 0.500. The van der Waals surface area contributed by atoms with Gasteiger partial charge >= 0.3 is 0 Å². The highest BCUT2D eigenvalue weighted by Gasteiger charge is 2.14. The van der Waals surface area contributed by atoms with Gasteiger partial charge in [-0.3, -0.25) is 4.68 Å². The van der Waals surface area contributed by atoms with Crippen LogP contribution in [0.4, 0.5) is 0 Å². The van der Waals surface area contributed by atoms with Crippen molar-refractivity contribution < 1.29 is 0 Å². The zero-order valence-electron chi connectivity index (χ0n) is 10.3. The third kappa shape index (κ3) is 3.17. The van der Waals surface area contributed by atoms with Crippen molar-refractivity contribution in [3.05, 3.63) is 36.2 Å². The molecule has 0 amide bonds. The van der Waals surface area contributed by atoms with Crippen molar-refractivity contribution >= 4 is 0 Å². The maximum atomic E-state index is 4.40. The predicted molar refractivity (Wildman–Crippen MR) is 66.5 cm³/mol. The molecule has 0 saturated heterocycles. The van der Waals surface area contributed by atoms with E-state index in [1.165, 1.54) is 0 Å². The van der Waals surface area contributed by atoms with Gasteiger partial charge in [0.25, 0.3) is 0 Å². The SMILES string of the molecule is CCCNC(Cc1ccn(C)n1)c1ncc[nH]1. The molecule has 0 aliphatic heterocycles. The summed E-state index contributed by atoms with van der Waals surface area (Å²) < 4.78 is 1.83. The van der Waals surface area contributed by atoms with Crippen molar-refractivity contribution in [2.45, 2.75) is 25.8 Å². The minimum atomic E-state index is 0.208. The second kappa shape index (κ2) is 5.63. The quantitative estimate of drug-likeness (QED) is 0.793. The molecule has 0 radical (unpaired) electrons. The second-order valence-corrected chi connectivity index (χ2v) is 4.17. The number of nitrogens with one attached hydrogen (secondary N) is 2. The van der Waals surface area contributed by atoms with E-state index in [-0.39, 0.29) is 6.04 Å². The Balaban J connectivity index is 2.05. The van der Waals surface area contributed by atoms with E-state index in [4.69, 9.17) is 0 Å². The fourth-order valence-corrected chi connectivity index (χ4v) is 1.83. The lowest BCUT2D eigenvalue weighted by Gasteiger charge is -2.14. The van der Waals surface area contributed by atoms with Gasteiger partial charge in [0.2, 0.25) is 0 Å². The summed E-state index contributed by atoms with van der Waals surface area (Å²) in [6, 6.07) is 2.25. The van der Waals surface area contributed by atoms with Gasteiger partial charge in [-0.1, -0.05) is 6.92 Å². The molecule has 2 aromatic heterocycles. The smallest absolute Gasteiger partial charge is 0.123 e. The molecule has 0 saturated carbocycles. The van der Waals surface area contributed by atoms with E-state index in [2.05, 4.69) is 27.3 Å². The summed E-state index contributed by atoms with van der Waals surface area (Å²) in [6.45, 7) is 3.14. The third-order valence-corrected chi connectivity index (χ3v) is 2.67. The summed E-state index contributed by atoms with van der Waals surface area (Å²) in [7, 11) is 1.94. The van der Waals surface area contributed by atoms with Crippen molar-refractivity contribution in [2.24, 2.45) is 7.05 Å². The second-order valence-electron chi connectivity index (χ2n) is 4.17.